The molecular formula is C13H10N2O3. The molecule has 5 heteroatoms. The van der Waals surface area contributed by atoms with Crippen molar-refractivity contribution in [3.63, 3.8) is 0 Å². The fourth-order valence-corrected chi connectivity index (χ4v) is 1.70. The zero-order chi connectivity index (χ0) is 12.5. The van der Waals surface area contributed by atoms with Crippen molar-refractivity contribution in [3.8, 4) is 0 Å². The predicted molar refractivity (Wildman–Crippen MR) is 65.4 cm³/mol. The number of aryl methyl sites for hydroxylation is 1. The molecule has 0 atom stereocenters. The molecule has 0 saturated carbocycles. The molecule has 0 saturated heterocycles. The lowest BCUT2D eigenvalue weighted by Crippen LogP contribution is -2.10. The number of hydrogen-bond acceptors (Lipinski definition) is 4. The number of furan rings is 1. The number of amides is 1. The highest BCUT2D eigenvalue weighted by molar-refractivity contribution is 6.04. The van der Waals surface area contributed by atoms with Crippen molar-refractivity contribution in [3.05, 3.63) is 47.9 Å². The van der Waals surface area contributed by atoms with E-state index in [1.807, 2.05) is 24.3 Å². The first-order chi connectivity index (χ1) is 8.72. The summed E-state index contributed by atoms with van der Waals surface area (Å²) in [6.45, 7) is 1.75. The van der Waals surface area contributed by atoms with Crippen LogP contribution in [0.5, 0.6) is 0 Å². The number of aromatic nitrogens is 1. The van der Waals surface area contributed by atoms with E-state index in [1.54, 1.807) is 19.1 Å². The van der Waals surface area contributed by atoms with Gasteiger partial charge in [-0.3, -0.25) is 4.79 Å². The van der Waals surface area contributed by atoms with Gasteiger partial charge >= 0.3 is 0 Å². The van der Waals surface area contributed by atoms with E-state index in [0.717, 1.165) is 5.39 Å². The molecule has 0 aliphatic rings. The summed E-state index contributed by atoms with van der Waals surface area (Å²) in [5.74, 6) is 0.907. The zero-order valence-corrected chi connectivity index (χ0v) is 9.64. The Morgan fingerprint density at radius 2 is 2.11 bits per heavy atom. The summed E-state index contributed by atoms with van der Waals surface area (Å²) in [4.78, 5) is 11.9. The van der Waals surface area contributed by atoms with Gasteiger partial charge in [0.05, 0.1) is 0 Å². The Morgan fingerprint density at radius 1 is 1.28 bits per heavy atom. The number of nitrogens with zero attached hydrogens (tertiary/aromatic N) is 1. The number of anilines is 1. The molecule has 90 valence electrons. The van der Waals surface area contributed by atoms with Gasteiger partial charge in [0.15, 0.2) is 11.6 Å². The number of benzene rings is 1. The van der Waals surface area contributed by atoms with Gasteiger partial charge in [-0.25, -0.2) is 0 Å². The zero-order valence-electron chi connectivity index (χ0n) is 9.64. The van der Waals surface area contributed by atoms with Gasteiger partial charge in [0.25, 0.3) is 5.91 Å². The normalized spacial score (nSPS) is 10.7. The number of para-hydroxylation sites is 1. The highest BCUT2D eigenvalue weighted by Crippen LogP contribution is 2.19. The SMILES string of the molecule is Cc1cc(NC(=O)c2cc3ccccc3o2)no1. The number of rotatable bonds is 2. The number of fused-ring (bicyclic) bond motifs is 1. The summed E-state index contributed by atoms with van der Waals surface area (Å²) in [6.07, 6.45) is 0. The van der Waals surface area contributed by atoms with Gasteiger partial charge in [-0.1, -0.05) is 23.4 Å². The van der Waals surface area contributed by atoms with Crippen LogP contribution < -0.4 is 5.32 Å². The van der Waals surface area contributed by atoms with Crippen LogP contribution in [0.25, 0.3) is 11.0 Å². The third-order valence-corrected chi connectivity index (χ3v) is 2.52. The summed E-state index contributed by atoms with van der Waals surface area (Å²) in [7, 11) is 0. The summed E-state index contributed by atoms with van der Waals surface area (Å²) < 4.78 is 10.3. The van der Waals surface area contributed by atoms with Gasteiger partial charge in [-0.2, -0.15) is 0 Å². The van der Waals surface area contributed by atoms with Gasteiger partial charge < -0.3 is 14.3 Å². The van der Waals surface area contributed by atoms with Crippen LogP contribution in [-0.2, 0) is 0 Å². The van der Waals surface area contributed by atoms with E-state index < -0.39 is 0 Å². The van der Waals surface area contributed by atoms with Crippen molar-refractivity contribution >= 4 is 22.7 Å². The van der Waals surface area contributed by atoms with Crippen molar-refractivity contribution in [1.82, 2.24) is 5.16 Å². The van der Waals surface area contributed by atoms with Gasteiger partial charge in [0.2, 0.25) is 0 Å². The summed E-state index contributed by atoms with van der Waals surface area (Å²) in [5.41, 5.74) is 0.680. The molecule has 18 heavy (non-hydrogen) atoms. The summed E-state index contributed by atoms with van der Waals surface area (Å²) in [6, 6.07) is 10.8. The van der Waals surface area contributed by atoms with Crippen LogP contribution in [0.15, 0.2) is 45.3 Å². The van der Waals surface area contributed by atoms with Crippen molar-refractivity contribution in [2.75, 3.05) is 5.32 Å². The predicted octanol–water partition coefficient (Wildman–Crippen LogP) is 2.98. The molecule has 0 spiro atoms. The lowest BCUT2D eigenvalue weighted by atomic mass is 10.2. The molecule has 2 aromatic heterocycles. The molecule has 1 N–H and O–H groups in total. The maximum atomic E-state index is 11.9. The highest BCUT2D eigenvalue weighted by Gasteiger charge is 2.13. The number of hydrogen-bond donors (Lipinski definition) is 1. The molecule has 3 aromatic rings. The van der Waals surface area contributed by atoms with Crippen molar-refractivity contribution in [2.24, 2.45) is 0 Å². The minimum Gasteiger partial charge on any atom is -0.451 e. The second kappa shape index (κ2) is 4.03. The fourth-order valence-electron chi connectivity index (χ4n) is 1.70. The largest absolute Gasteiger partial charge is 0.451 e. The Hall–Kier alpha value is -2.56. The van der Waals surface area contributed by atoms with Crippen LogP contribution in [0.3, 0.4) is 0 Å². The second-order valence-electron chi connectivity index (χ2n) is 3.93. The van der Waals surface area contributed by atoms with Crippen LogP contribution >= 0.6 is 0 Å². The molecule has 0 aliphatic heterocycles. The topological polar surface area (TPSA) is 68.3 Å². The van der Waals surface area contributed by atoms with Crippen LogP contribution in [-0.4, -0.2) is 11.1 Å². The number of carbonyl (C=O) groups excluding carboxylic acids is 1. The molecule has 0 aliphatic carbocycles. The molecule has 0 radical (unpaired) electrons. The Labute approximate surface area is 102 Å². The first kappa shape index (κ1) is 10.6. The first-order valence-corrected chi connectivity index (χ1v) is 5.45. The van der Waals surface area contributed by atoms with E-state index in [-0.39, 0.29) is 11.7 Å². The van der Waals surface area contributed by atoms with Gasteiger partial charge in [-0.05, 0) is 19.1 Å². The fraction of sp³-hybridized carbons (Fsp3) is 0.0769. The van der Waals surface area contributed by atoms with E-state index in [0.29, 0.717) is 17.2 Å². The molecule has 0 bridgehead atoms. The van der Waals surface area contributed by atoms with Crippen LogP contribution in [0.1, 0.15) is 16.3 Å². The lowest BCUT2D eigenvalue weighted by Gasteiger charge is -1.95. The minimum atomic E-state index is -0.348. The van der Waals surface area contributed by atoms with E-state index in [2.05, 4.69) is 10.5 Å². The lowest BCUT2D eigenvalue weighted by molar-refractivity contribution is 0.0998. The first-order valence-electron chi connectivity index (χ1n) is 5.45. The summed E-state index contributed by atoms with van der Waals surface area (Å²) >= 11 is 0. The maximum absolute atomic E-state index is 11.9. The molecule has 2 heterocycles. The van der Waals surface area contributed by atoms with Gasteiger partial charge in [0, 0.05) is 11.5 Å². The molecular weight excluding hydrogens is 232 g/mol. The maximum Gasteiger partial charge on any atom is 0.292 e. The average Bonchev–Trinajstić information content (AvgIpc) is 2.95. The van der Waals surface area contributed by atoms with E-state index >= 15 is 0 Å². The Morgan fingerprint density at radius 3 is 2.83 bits per heavy atom. The number of nitrogens with one attached hydrogen (secondary N) is 1. The van der Waals surface area contributed by atoms with Crippen LogP contribution in [0.4, 0.5) is 5.82 Å². The Bertz CT molecular complexity index is 679. The average molecular weight is 242 g/mol. The van der Waals surface area contributed by atoms with Crippen molar-refractivity contribution in [2.45, 2.75) is 6.92 Å². The van der Waals surface area contributed by atoms with Crippen LogP contribution in [0, 0.1) is 6.92 Å². The molecule has 3 rings (SSSR count). The van der Waals surface area contributed by atoms with E-state index in [4.69, 9.17) is 8.94 Å². The van der Waals surface area contributed by atoms with Gasteiger partial charge in [-0.15, -0.1) is 0 Å². The molecule has 1 aromatic carbocycles. The van der Waals surface area contributed by atoms with Crippen molar-refractivity contribution < 1.29 is 13.7 Å². The summed E-state index contributed by atoms with van der Waals surface area (Å²) in [5, 5.41) is 7.18. The van der Waals surface area contributed by atoms with E-state index in [9.17, 15) is 4.79 Å². The third-order valence-electron chi connectivity index (χ3n) is 2.52. The monoisotopic (exact) mass is 242 g/mol. The van der Waals surface area contributed by atoms with Crippen LogP contribution in [0.2, 0.25) is 0 Å². The second-order valence-corrected chi connectivity index (χ2v) is 3.93. The Kier molecular flexibility index (Phi) is 2.37. The standard InChI is InChI=1S/C13H10N2O3/c1-8-6-12(15-18-8)14-13(16)11-7-9-4-2-3-5-10(9)17-11/h2-7H,1H3,(H,14,15,16). The quantitative estimate of drug-likeness (QED) is 0.750. The molecule has 0 unspecified atom stereocenters. The molecule has 1 amide bonds. The molecule has 5 nitrogen and oxygen atoms in total. The van der Waals surface area contributed by atoms with E-state index in [1.165, 1.54) is 0 Å². The Balaban J connectivity index is 1.87. The van der Waals surface area contributed by atoms with Crippen molar-refractivity contribution in [1.29, 1.82) is 0 Å². The smallest absolute Gasteiger partial charge is 0.292 e. The number of carbonyl (C=O) groups is 1. The third kappa shape index (κ3) is 1.86. The minimum absolute atomic E-state index is 0.247. The highest BCUT2D eigenvalue weighted by atomic mass is 16.5. The molecule has 0 fully saturated rings. The van der Waals surface area contributed by atoms with Gasteiger partial charge in [0.1, 0.15) is 11.3 Å².